The monoisotopic (exact) mass is 220 g/mol. The largest absolute Gasteiger partial charge is 0.396 e. The molecule has 0 aromatic carbocycles. The third-order valence-electron chi connectivity index (χ3n) is 1.98. The van der Waals surface area contributed by atoms with Crippen LogP contribution in [0.25, 0.3) is 0 Å². The molecule has 0 aromatic heterocycles. The van der Waals surface area contributed by atoms with E-state index in [2.05, 4.69) is 0 Å². The van der Waals surface area contributed by atoms with E-state index >= 15 is 0 Å². The van der Waals surface area contributed by atoms with E-state index in [9.17, 15) is 0 Å². The van der Waals surface area contributed by atoms with Crippen molar-refractivity contribution in [1.82, 2.24) is 4.90 Å². The van der Waals surface area contributed by atoms with E-state index in [-0.39, 0.29) is 13.2 Å². The number of nitrogens with two attached hydrogens (primary N) is 1. The zero-order valence-electron chi connectivity index (χ0n) is 8.48. The summed E-state index contributed by atoms with van der Waals surface area (Å²) in [5, 5.41) is 17.6. The molecule has 0 aromatic rings. The Bertz CT molecular complexity index is 146. The molecule has 14 heavy (non-hydrogen) atoms. The van der Waals surface area contributed by atoms with E-state index in [1.807, 2.05) is 4.90 Å². The van der Waals surface area contributed by atoms with Crippen LogP contribution in [0, 0.1) is 0 Å². The third-order valence-corrected chi connectivity index (χ3v) is 2.24. The number of hydrogen-bond donors (Lipinski definition) is 3. The molecule has 0 radical (unpaired) electrons. The number of thiocarbonyl (C=S) groups is 1. The lowest BCUT2D eigenvalue weighted by Crippen LogP contribution is -2.37. The highest BCUT2D eigenvalue weighted by atomic mass is 32.1. The summed E-state index contributed by atoms with van der Waals surface area (Å²) < 4.78 is 0. The van der Waals surface area contributed by atoms with Crippen molar-refractivity contribution >= 4 is 17.3 Å². The summed E-state index contributed by atoms with van der Waals surface area (Å²) in [6.07, 6.45) is 3.35. The van der Waals surface area contributed by atoms with Crippen molar-refractivity contribution in [3.05, 3.63) is 0 Å². The number of rotatable bonds is 8. The molecule has 0 bridgehead atoms. The van der Waals surface area contributed by atoms with Crippen molar-refractivity contribution in [2.24, 2.45) is 5.73 Å². The van der Waals surface area contributed by atoms with Gasteiger partial charge in [0, 0.05) is 26.3 Å². The molecular weight excluding hydrogens is 200 g/mol. The van der Waals surface area contributed by atoms with Gasteiger partial charge in [0.25, 0.3) is 0 Å². The Morgan fingerprint density at radius 1 is 1.00 bits per heavy atom. The summed E-state index contributed by atoms with van der Waals surface area (Å²) in [4.78, 5) is 1.92. The van der Waals surface area contributed by atoms with Crippen molar-refractivity contribution in [2.45, 2.75) is 25.7 Å². The van der Waals surface area contributed by atoms with Crippen molar-refractivity contribution in [1.29, 1.82) is 0 Å². The number of aliphatic hydroxyl groups is 2. The molecule has 0 heterocycles. The Morgan fingerprint density at radius 3 is 1.71 bits per heavy atom. The summed E-state index contributed by atoms with van der Waals surface area (Å²) >= 11 is 4.89. The van der Waals surface area contributed by atoms with Crippen molar-refractivity contribution in [2.75, 3.05) is 26.3 Å². The lowest BCUT2D eigenvalue weighted by molar-refractivity contribution is 0.265. The van der Waals surface area contributed by atoms with Crippen LogP contribution in [-0.4, -0.2) is 46.5 Å². The van der Waals surface area contributed by atoms with Gasteiger partial charge in [-0.2, -0.15) is 0 Å². The molecule has 0 aliphatic carbocycles. The third kappa shape index (κ3) is 7.06. The predicted octanol–water partition coefficient (Wildman–Crippen LogP) is 0.0770. The zero-order chi connectivity index (χ0) is 10.8. The highest BCUT2D eigenvalue weighted by molar-refractivity contribution is 7.80. The van der Waals surface area contributed by atoms with Crippen LogP contribution in [-0.2, 0) is 0 Å². The fourth-order valence-electron chi connectivity index (χ4n) is 1.16. The number of nitrogens with zero attached hydrogens (tertiary/aromatic N) is 1. The molecule has 0 aliphatic heterocycles. The Labute approximate surface area is 90.7 Å². The van der Waals surface area contributed by atoms with Gasteiger partial charge >= 0.3 is 0 Å². The first kappa shape index (κ1) is 13.6. The van der Waals surface area contributed by atoms with Crippen molar-refractivity contribution in [3.63, 3.8) is 0 Å². The van der Waals surface area contributed by atoms with E-state index in [1.165, 1.54) is 0 Å². The summed E-state index contributed by atoms with van der Waals surface area (Å²) in [6.45, 7) is 2.01. The lowest BCUT2D eigenvalue weighted by atomic mass is 10.2. The van der Waals surface area contributed by atoms with Gasteiger partial charge in [0.2, 0.25) is 0 Å². The van der Waals surface area contributed by atoms with E-state index in [4.69, 9.17) is 28.2 Å². The van der Waals surface area contributed by atoms with E-state index in [0.717, 1.165) is 38.8 Å². The smallest absolute Gasteiger partial charge is 0.166 e. The van der Waals surface area contributed by atoms with E-state index in [0.29, 0.717) is 5.11 Å². The molecule has 0 saturated heterocycles. The second-order valence-corrected chi connectivity index (χ2v) is 3.60. The summed E-state index contributed by atoms with van der Waals surface area (Å²) in [6, 6.07) is 0. The van der Waals surface area contributed by atoms with Gasteiger partial charge in [-0.25, -0.2) is 0 Å². The maximum absolute atomic E-state index is 8.62. The van der Waals surface area contributed by atoms with Crippen LogP contribution in [0.1, 0.15) is 25.7 Å². The van der Waals surface area contributed by atoms with Crippen LogP contribution in [0.3, 0.4) is 0 Å². The van der Waals surface area contributed by atoms with Gasteiger partial charge in [-0.15, -0.1) is 0 Å². The minimum atomic E-state index is 0.210. The fraction of sp³-hybridized carbons (Fsp3) is 0.889. The number of hydrogen-bond acceptors (Lipinski definition) is 3. The van der Waals surface area contributed by atoms with Gasteiger partial charge < -0.3 is 20.8 Å². The summed E-state index contributed by atoms with van der Waals surface area (Å²) in [7, 11) is 0. The maximum Gasteiger partial charge on any atom is 0.166 e. The van der Waals surface area contributed by atoms with E-state index < -0.39 is 0 Å². The maximum atomic E-state index is 8.62. The summed E-state index contributed by atoms with van der Waals surface area (Å²) in [5.41, 5.74) is 5.53. The average Bonchev–Trinajstić information content (AvgIpc) is 2.15. The normalized spacial score (nSPS) is 10.1. The Balaban J connectivity index is 3.61. The number of unbranched alkanes of at least 4 members (excludes halogenated alkanes) is 2. The zero-order valence-corrected chi connectivity index (χ0v) is 9.30. The van der Waals surface area contributed by atoms with E-state index in [1.54, 1.807) is 0 Å². The van der Waals surface area contributed by atoms with Crippen LogP contribution in [0.4, 0.5) is 0 Å². The first-order valence-corrected chi connectivity index (χ1v) is 5.39. The minimum absolute atomic E-state index is 0.210. The Hall–Kier alpha value is -0.390. The first-order valence-electron chi connectivity index (χ1n) is 4.98. The molecule has 0 saturated carbocycles. The highest BCUT2D eigenvalue weighted by Gasteiger charge is 2.04. The number of aliphatic hydroxyl groups excluding tert-OH is 2. The van der Waals surface area contributed by atoms with Crippen LogP contribution in [0.15, 0.2) is 0 Å². The standard InChI is InChI=1S/C9H20N2O2S/c10-9(14)11(5-1-3-7-12)6-2-4-8-13/h12-13H,1-8H2,(H2,10,14). The van der Waals surface area contributed by atoms with Gasteiger partial charge in [0.05, 0.1) is 0 Å². The van der Waals surface area contributed by atoms with Gasteiger partial charge in [-0.05, 0) is 37.9 Å². The Kier molecular flexibility index (Phi) is 8.92. The van der Waals surface area contributed by atoms with Crippen LogP contribution in [0.2, 0.25) is 0 Å². The van der Waals surface area contributed by atoms with Crippen LogP contribution >= 0.6 is 12.2 Å². The second kappa shape index (κ2) is 9.18. The van der Waals surface area contributed by atoms with Gasteiger partial charge in [-0.1, -0.05) is 0 Å². The molecule has 84 valence electrons. The molecule has 5 heteroatoms. The average molecular weight is 220 g/mol. The topological polar surface area (TPSA) is 69.7 Å². The molecule has 4 N–H and O–H groups in total. The van der Waals surface area contributed by atoms with Crippen molar-refractivity contribution < 1.29 is 10.2 Å². The predicted molar refractivity (Wildman–Crippen MR) is 61.0 cm³/mol. The molecule has 0 aliphatic rings. The van der Waals surface area contributed by atoms with Gasteiger partial charge in [-0.3, -0.25) is 0 Å². The molecule has 0 unspecified atom stereocenters. The van der Waals surface area contributed by atoms with Crippen molar-refractivity contribution in [3.8, 4) is 0 Å². The van der Waals surface area contributed by atoms with Gasteiger partial charge in [0.1, 0.15) is 0 Å². The quantitative estimate of drug-likeness (QED) is 0.399. The van der Waals surface area contributed by atoms with Gasteiger partial charge in [0.15, 0.2) is 5.11 Å². The summed E-state index contributed by atoms with van der Waals surface area (Å²) in [5.74, 6) is 0. The molecular formula is C9H20N2O2S. The van der Waals surface area contributed by atoms with Crippen LogP contribution in [0.5, 0.6) is 0 Å². The molecule has 4 nitrogen and oxygen atoms in total. The Morgan fingerprint density at radius 2 is 1.43 bits per heavy atom. The fourth-order valence-corrected chi connectivity index (χ4v) is 1.34. The molecule has 0 amide bonds. The highest BCUT2D eigenvalue weighted by Crippen LogP contribution is 1.98. The molecule has 0 fully saturated rings. The molecule has 0 atom stereocenters. The van der Waals surface area contributed by atoms with Crippen LogP contribution < -0.4 is 5.73 Å². The SMILES string of the molecule is NC(=S)N(CCCCO)CCCCO. The first-order chi connectivity index (χ1) is 6.72. The second-order valence-electron chi connectivity index (χ2n) is 3.19. The molecule has 0 spiro atoms. The minimum Gasteiger partial charge on any atom is -0.396 e. The molecule has 0 rings (SSSR count). The lowest BCUT2D eigenvalue weighted by Gasteiger charge is -2.22.